The molecule has 0 saturated heterocycles. The molecule has 0 atom stereocenters. The molecule has 1 aliphatic rings. The van der Waals surface area contributed by atoms with E-state index in [1.807, 2.05) is 30.5 Å². The van der Waals surface area contributed by atoms with Crippen LogP contribution >= 0.6 is 11.6 Å². The zero-order chi connectivity index (χ0) is 18.1. The summed E-state index contributed by atoms with van der Waals surface area (Å²) in [5, 5.41) is 0.680. The van der Waals surface area contributed by atoms with E-state index in [9.17, 15) is 8.78 Å². The summed E-state index contributed by atoms with van der Waals surface area (Å²) >= 11 is 5.92. The van der Waals surface area contributed by atoms with Gasteiger partial charge in [-0.15, -0.1) is 0 Å². The Bertz CT molecular complexity index is 944. The van der Waals surface area contributed by atoms with Crippen molar-refractivity contribution in [3.8, 4) is 11.4 Å². The van der Waals surface area contributed by atoms with Crippen molar-refractivity contribution in [2.45, 2.75) is 19.5 Å². The van der Waals surface area contributed by atoms with Crippen LogP contribution in [0.1, 0.15) is 16.8 Å². The van der Waals surface area contributed by atoms with Gasteiger partial charge < -0.3 is 0 Å². The SMILES string of the molecule is Fc1ccc(CN2CCc3nc(-c4ccc(Cl)cc4)ncc3C2)cc1F. The van der Waals surface area contributed by atoms with E-state index < -0.39 is 11.6 Å². The molecule has 0 radical (unpaired) electrons. The Labute approximate surface area is 155 Å². The van der Waals surface area contributed by atoms with Gasteiger partial charge in [0.05, 0.1) is 5.69 Å². The molecule has 1 aromatic heterocycles. The second-order valence-electron chi connectivity index (χ2n) is 6.38. The Hall–Kier alpha value is -2.37. The van der Waals surface area contributed by atoms with Crippen molar-refractivity contribution < 1.29 is 8.78 Å². The van der Waals surface area contributed by atoms with Gasteiger partial charge in [-0.1, -0.05) is 17.7 Å². The zero-order valence-corrected chi connectivity index (χ0v) is 14.7. The first kappa shape index (κ1) is 17.1. The molecule has 0 saturated carbocycles. The minimum absolute atomic E-state index is 0.565. The minimum atomic E-state index is -0.819. The maximum atomic E-state index is 13.4. The van der Waals surface area contributed by atoms with Gasteiger partial charge >= 0.3 is 0 Å². The number of hydrogen-bond donors (Lipinski definition) is 0. The first-order valence-electron chi connectivity index (χ1n) is 8.35. The van der Waals surface area contributed by atoms with Crippen LogP contribution in [0.4, 0.5) is 8.78 Å². The van der Waals surface area contributed by atoms with E-state index in [0.29, 0.717) is 23.9 Å². The van der Waals surface area contributed by atoms with Gasteiger partial charge in [0.1, 0.15) is 0 Å². The summed E-state index contributed by atoms with van der Waals surface area (Å²) in [5.41, 5.74) is 3.79. The highest BCUT2D eigenvalue weighted by Crippen LogP contribution is 2.23. The first-order valence-corrected chi connectivity index (χ1v) is 8.73. The van der Waals surface area contributed by atoms with Gasteiger partial charge in [-0.3, -0.25) is 4.90 Å². The van der Waals surface area contributed by atoms with Gasteiger partial charge in [-0.2, -0.15) is 0 Å². The zero-order valence-electron chi connectivity index (χ0n) is 13.9. The summed E-state index contributed by atoms with van der Waals surface area (Å²) in [5.74, 6) is -0.939. The number of benzene rings is 2. The van der Waals surface area contributed by atoms with Crippen molar-refractivity contribution in [3.63, 3.8) is 0 Å². The molecule has 3 aromatic rings. The predicted molar refractivity (Wildman–Crippen MR) is 96.7 cm³/mol. The molecule has 2 heterocycles. The standard InChI is InChI=1S/C20H16ClF2N3/c21-16-4-2-14(3-5-16)20-24-10-15-12-26(8-7-19(15)25-20)11-13-1-6-17(22)18(23)9-13/h1-6,9-10H,7-8,11-12H2. The molecule has 132 valence electrons. The lowest BCUT2D eigenvalue weighted by Crippen LogP contribution is -2.31. The fourth-order valence-corrected chi connectivity index (χ4v) is 3.27. The van der Waals surface area contributed by atoms with Gasteiger partial charge in [-0.25, -0.2) is 18.7 Å². The van der Waals surface area contributed by atoms with E-state index in [-0.39, 0.29) is 0 Å². The van der Waals surface area contributed by atoms with Crippen molar-refractivity contribution in [3.05, 3.63) is 82.1 Å². The molecular weight excluding hydrogens is 356 g/mol. The van der Waals surface area contributed by atoms with E-state index in [0.717, 1.165) is 35.3 Å². The van der Waals surface area contributed by atoms with E-state index in [1.54, 1.807) is 6.07 Å². The molecule has 3 nitrogen and oxygen atoms in total. The normalized spacial score (nSPS) is 14.3. The fourth-order valence-electron chi connectivity index (χ4n) is 3.14. The summed E-state index contributed by atoms with van der Waals surface area (Å²) in [7, 11) is 0. The van der Waals surface area contributed by atoms with Gasteiger partial charge in [0.15, 0.2) is 17.5 Å². The molecular formula is C20H16ClF2N3. The number of nitrogens with zero attached hydrogens (tertiary/aromatic N) is 3. The molecule has 4 rings (SSSR count). The molecule has 26 heavy (non-hydrogen) atoms. The molecule has 0 spiro atoms. The largest absolute Gasteiger partial charge is 0.294 e. The highest BCUT2D eigenvalue weighted by molar-refractivity contribution is 6.30. The molecule has 0 aliphatic carbocycles. The van der Waals surface area contributed by atoms with Gasteiger partial charge in [-0.05, 0) is 42.0 Å². The van der Waals surface area contributed by atoms with E-state index in [1.165, 1.54) is 12.1 Å². The Morgan fingerprint density at radius 2 is 1.85 bits per heavy atom. The maximum Gasteiger partial charge on any atom is 0.159 e. The highest BCUT2D eigenvalue weighted by atomic mass is 35.5. The van der Waals surface area contributed by atoms with Crippen LogP contribution in [0.3, 0.4) is 0 Å². The highest BCUT2D eigenvalue weighted by Gasteiger charge is 2.19. The Kier molecular flexibility index (Phi) is 4.66. The molecule has 0 fully saturated rings. The van der Waals surface area contributed by atoms with E-state index in [4.69, 9.17) is 11.6 Å². The van der Waals surface area contributed by atoms with Crippen molar-refractivity contribution in [2.75, 3.05) is 6.54 Å². The summed E-state index contributed by atoms with van der Waals surface area (Å²) in [6.45, 7) is 2.06. The van der Waals surface area contributed by atoms with Crippen molar-refractivity contribution in [2.24, 2.45) is 0 Å². The lowest BCUT2D eigenvalue weighted by molar-refractivity contribution is 0.242. The third kappa shape index (κ3) is 3.59. The second-order valence-corrected chi connectivity index (χ2v) is 6.82. The van der Waals surface area contributed by atoms with Crippen LogP contribution < -0.4 is 0 Å². The average Bonchev–Trinajstić information content (AvgIpc) is 2.65. The molecule has 0 unspecified atom stereocenters. The van der Waals surface area contributed by atoms with Crippen LogP contribution in [0.2, 0.25) is 5.02 Å². The van der Waals surface area contributed by atoms with Crippen molar-refractivity contribution in [1.82, 2.24) is 14.9 Å². The average molecular weight is 372 g/mol. The monoisotopic (exact) mass is 371 g/mol. The minimum Gasteiger partial charge on any atom is -0.294 e. The van der Waals surface area contributed by atoms with Gasteiger partial charge in [0.25, 0.3) is 0 Å². The Morgan fingerprint density at radius 3 is 2.62 bits per heavy atom. The fraction of sp³-hybridized carbons (Fsp3) is 0.200. The number of aromatic nitrogens is 2. The van der Waals surface area contributed by atoms with Crippen LogP contribution in [0.5, 0.6) is 0 Å². The molecule has 0 bridgehead atoms. The second kappa shape index (κ2) is 7.09. The van der Waals surface area contributed by atoms with E-state index >= 15 is 0 Å². The predicted octanol–water partition coefficient (Wildman–Crippen LogP) is 4.63. The molecule has 2 aromatic carbocycles. The maximum absolute atomic E-state index is 13.4. The van der Waals surface area contributed by atoms with E-state index in [2.05, 4.69) is 14.9 Å². The van der Waals surface area contributed by atoms with Gasteiger partial charge in [0, 0.05) is 48.4 Å². The molecule has 0 amide bonds. The first-order chi connectivity index (χ1) is 12.6. The van der Waals surface area contributed by atoms with Crippen LogP contribution in [0.15, 0.2) is 48.7 Å². The number of hydrogen-bond acceptors (Lipinski definition) is 3. The topological polar surface area (TPSA) is 29.0 Å². The smallest absolute Gasteiger partial charge is 0.159 e. The van der Waals surface area contributed by atoms with Crippen LogP contribution in [0, 0.1) is 11.6 Å². The lowest BCUT2D eigenvalue weighted by atomic mass is 10.1. The molecule has 1 aliphatic heterocycles. The molecule has 0 N–H and O–H groups in total. The third-order valence-corrected chi connectivity index (χ3v) is 4.76. The lowest BCUT2D eigenvalue weighted by Gasteiger charge is -2.28. The van der Waals surface area contributed by atoms with Gasteiger partial charge in [0.2, 0.25) is 0 Å². The van der Waals surface area contributed by atoms with Crippen molar-refractivity contribution >= 4 is 11.6 Å². The van der Waals surface area contributed by atoms with Crippen LogP contribution in [0.25, 0.3) is 11.4 Å². The quantitative estimate of drug-likeness (QED) is 0.672. The summed E-state index contributed by atoms with van der Waals surface area (Å²) in [6, 6.07) is 11.5. The number of halogens is 3. The number of fused-ring (bicyclic) bond motifs is 1. The Balaban J connectivity index is 1.50. The summed E-state index contributed by atoms with van der Waals surface area (Å²) < 4.78 is 26.4. The van der Waals surface area contributed by atoms with Crippen molar-refractivity contribution in [1.29, 1.82) is 0 Å². The summed E-state index contributed by atoms with van der Waals surface area (Å²) in [4.78, 5) is 11.3. The third-order valence-electron chi connectivity index (χ3n) is 4.51. The molecule has 6 heteroatoms. The van der Waals surface area contributed by atoms with Crippen LogP contribution in [-0.2, 0) is 19.5 Å². The Morgan fingerprint density at radius 1 is 1.04 bits per heavy atom. The summed E-state index contributed by atoms with van der Waals surface area (Å²) in [6.07, 6.45) is 2.64. The van der Waals surface area contributed by atoms with Crippen LogP contribution in [-0.4, -0.2) is 21.4 Å². The number of rotatable bonds is 3.